The molecule has 4 rings (SSSR count). The number of carboxylic acids is 1. The molecular formula is C31H30N2O5. The van der Waals surface area contributed by atoms with Crippen LogP contribution in [0.4, 0.5) is 16.2 Å². The number of urea groups is 1. The average Bonchev–Trinajstić information content (AvgIpc) is 2.90. The number of aromatic carboxylic acids is 1. The van der Waals surface area contributed by atoms with Crippen LogP contribution in [0, 0.1) is 6.92 Å². The van der Waals surface area contributed by atoms with Crippen LogP contribution in [0.15, 0.2) is 84.9 Å². The van der Waals surface area contributed by atoms with Crippen molar-refractivity contribution in [2.24, 2.45) is 0 Å². The first-order chi connectivity index (χ1) is 18.3. The number of anilines is 2. The lowest BCUT2D eigenvalue weighted by atomic mass is 10.0. The molecule has 0 aliphatic rings. The van der Waals surface area contributed by atoms with E-state index in [9.17, 15) is 14.7 Å². The molecular weight excluding hydrogens is 480 g/mol. The molecule has 4 aromatic carbocycles. The van der Waals surface area contributed by atoms with Crippen LogP contribution in [-0.4, -0.2) is 24.2 Å². The Morgan fingerprint density at radius 3 is 2.08 bits per heavy atom. The number of benzene rings is 4. The first-order valence-corrected chi connectivity index (χ1v) is 12.2. The Balaban J connectivity index is 1.74. The van der Waals surface area contributed by atoms with Gasteiger partial charge in [0.05, 0.1) is 12.8 Å². The zero-order chi connectivity index (χ0) is 27.2. The molecule has 0 aliphatic heterocycles. The highest BCUT2D eigenvalue weighted by Crippen LogP contribution is 2.37. The van der Waals surface area contributed by atoms with Gasteiger partial charge in [-0.05, 0) is 71.5 Å². The van der Waals surface area contributed by atoms with Crippen molar-refractivity contribution in [1.29, 1.82) is 0 Å². The van der Waals surface area contributed by atoms with Gasteiger partial charge < -0.3 is 25.2 Å². The van der Waals surface area contributed by atoms with Crippen molar-refractivity contribution in [2.45, 2.75) is 26.7 Å². The van der Waals surface area contributed by atoms with E-state index < -0.39 is 12.0 Å². The Morgan fingerprint density at radius 1 is 0.763 bits per heavy atom. The van der Waals surface area contributed by atoms with Crippen LogP contribution in [0.25, 0.3) is 11.1 Å². The lowest BCUT2D eigenvalue weighted by molar-refractivity contribution is 0.0693. The molecule has 0 saturated heterocycles. The second-order valence-corrected chi connectivity index (χ2v) is 9.12. The molecule has 38 heavy (non-hydrogen) atoms. The summed E-state index contributed by atoms with van der Waals surface area (Å²) in [5.74, 6) is 0.552. The van der Waals surface area contributed by atoms with Crippen LogP contribution in [-0.2, 0) is 0 Å². The van der Waals surface area contributed by atoms with Crippen molar-refractivity contribution >= 4 is 23.4 Å². The maximum atomic E-state index is 13.0. The molecule has 0 unspecified atom stereocenters. The maximum absolute atomic E-state index is 13.0. The molecule has 0 spiro atoms. The van der Waals surface area contributed by atoms with Gasteiger partial charge in [-0.15, -0.1) is 0 Å². The minimum absolute atomic E-state index is 0.0444. The first-order valence-electron chi connectivity index (χ1n) is 12.2. The Labute approximate surface area is 222 Å². The summed E-state index contributed by atoms with van der Waals surface area (Å²) in [6.45, 7) is 6.09. The summed E-state index contributed by atoms with van der Waals surface area (Å²) >= 11 is 0. The first kappa shape index (κ1) is 26.3. The number of carbonyl (C=O) groups excluding carboxylic acids is 1. The van der Waals surface area contributed by atoms with E-state index in [4.69, 9.17) is 9.47 Å². The number of rotatable bonds is 8. The highest BCUT2D eigenvalue weighted by atomic mass is 16.5. The number of ether oxygens (including phenoxy) is 2. The number of nitrogens with one attached hydrogen (secondary N) is 2. The van der Waals surface area contributed by atoms with Crippen LogP contribution in [0.3, 0.4) is 0 Å². The largest absolute Gasteiger partial charge is 0.496 e. The maximum Gasteiger partial charge on any atom is 0.339 e. The predicted molar refractivity (Wildman–Crippen MR) is 150 cm³/mol. The van der Waals surface area contributed by atoms with Crippen molar-refractivity contribution in [3.8, 4) is 28.4 Å². The Bertz CT molecular complexity index is 1480. The molecule has 7 nitrogen and oxygen atoms in total. The number of amides is 2. The number of carboxylic acid groups (broad SMARTS) is 1. The topological polar surface area (TPSA) is 96.9 Å². The molecule has 3 N–H and O–H groups in total. The van der Waals surface area contributed by atoms with E-state index in [-0.39, 0.29) is 17.2 Å². The number of carbonyl (C=O) groups is 2. The number of hydrogen-bond acceptors (Lipinski definition) is 4. The van der Waals surface area contributed by atoms with Gasteiger partial charge in [0, 0.05) is 5.69 Å². The molecule has 0 aromatic heterocycles. The SMILES string of the molecule is COc1ccc(-c2ccc(Oc3ccccc3C(C)C)c(NC(=O)Nc3ccccc3C)c2)cc1C(=O)O. The summed E-state index contributed by atoms with van der Waals surface area (Å²) in [7, 11) is 1.43. The van der Waals surface area contributed by atoms with Gasteiger partial charge in [0.1, 0.15) is 17.1 Å². The van der Waals surface area contributed by atoms with Crippen LogP contribution < -0.4 is 20.1 Å². The van der Waals surface area contributed by atoms with Gasteiger partial charge in [0.15, 0.2) is 5.75 Å². The van der Waals surface area contributed by atoms with E-state index >= 15 is 0 Å². The normalized spacial score (nSPS) is 10.7. The summed E-state index contributed by atoms with van der Waals surface area (Å²) in [6, 6.07) is 25.1. The zero-order valence-electron chi connectivity index (χ0n) is 21.7. The Kier molecular flexibility index (Phi) is 7.97. The summed E-state index contributed by atoms with van der Waals surface area (Å²) < 4.78 is 11.5. The van der Waals surface area contributed by atoms with Gasteiger partial charge in [-0.2, -0.15) is 0 Å². The quantitative estimate of drug-likeness (QED) is 0.224. The van der Waals surface area contributed by atoms with E-state index in [1.54, 1.807) is 30.3 Å². The molecule has 0 radical (unpaired) electrons. The third-order valence-corrected chi connectivity index (χ3v) is 6.15. The Hall–Kier alpha value is -4.78. The number of hydrogen-bond donors (Lipinski definition) is 3. The van der Waals surface area contributed by atoms with Crippen molar-refractivity contribution < 1.29 is 24.2 Å². The second kappa shape index (κ2) is 11.5. The fourth-order valence-corrected chi connectivity index (χ4v) is 4.11. The molecule has 0 saturated carbocycles. The van der Waals surface area contributed by atoms with Crippen LogP contribution in [0.5, 0.6) is 17.2 Å². The van der Waals surface area contributed by atoms with Crippen LogP contribution >= 0.6 is 0 Å². The molecule has 0 bridgehead atoms. The average molecular weight is 511 g/mol. The van der Waals surface area contributed by atoms with E-state index in [1.807, 2.05) is 61.5 Å². The Morgan fingerprint density at radius 2 is 1.39 bits per heavy atom. The molecule has 4 aromatic rings. The third-order valence-electron chi connectivity index (χ3n) is 6.15. The number of methoxy groups -OCH3 is 1. The van der Waals surface area contributed by atoms with Gasteiger partial charge in [0.2, 0.25) is 0 Å². The summed E-state index contributed by atoms with van der Waals surface area (Å²) in [4.78, 5) is 24.8. The van der Waals surface area contributed by atoms with Gasteiger partial charge in [-0.3, -0.25) is 0 Å². The molecule has 194 valence electrons. The van der Waals surface area contributed by atoms with Crippen LogP contribution in [0.2, 0.25) is 0 Å². The minimum atomic E-state index is -1.09. The standard InChI is InChI=1S/C31H30N2O5/c1-19(2)23-10-6-8-12-28(23)38-29-16-14-22(21-13-15-27(37-4)24(17-21)30(34)35)18-26(29)33-31(36)32-25-11-7-5-9-20(25)3/h5-19H,1-4H3,(H,34,35)(H2,32,33,36). The molecule has 0 aliphatic carbocycles. The fraction of sp³-hybridized carbons (Fsp3) is 0.161. The monoisotopic (exact) mass is 510 g/mol. The summed E-state index contributed by atoms with van der Waals surface area (Å²) in [5, 5.41) is 15.4. The highest BCUT2D eigenvalue weighted by molar-refractivity contribution is 6.01. The van der Waals surface area contributed by atoms with Crippen LogP contribution in [0.1, 0.15) is 41.3 Å². The number of para-hydroxylation sites is 2. The van der Waals surface area contributed by atoms with Gasteiger partial charge in [-0.25, -0.2) is 9.59 Å². The number of aryl methyl sites for hydroxylation is 1. The van der Waals surface area contributed by atoms with Gasteiger partial charge in [-0.1, -0.05) is 62.4 Å². The molecule has 0 atom stereocenters. The van der Waals surface area contributed by atoms with E-state index in [2.05, 4.69) is 24.5 Å². The molecule has 2 amide bonds. The second-order valence-electron chi connectivity index (χ2n) is 9.12. The van der Waals surface area contributed by atoms with E-state index in [0.717, 1.165) is 11.1 Å². The summed E-state index contributed by atoms with van der Waals surface area (Å²) in [6.07, 6.45) is 0. The minimum Gasteiger partial charge on any atom is -0.496 e. The van der Waals surface area contributed by atoms with E-state index in [1.165, 1.54) is 7.11 Å². The van der Waals surface area contributed by atoms with Crippen molar-refractivity contribution in [3.63, 3.8) is 0 Å². The third kappa shape index (κ3) is 5.95. The fourth-order valence-electron chi connectivity index (χ4n) is 4.11. The molecule has 0 heterocycles. The van der Waals surface area contributed by atoms with Crippen molar-refractivity contribution in [2.75, 3.05) is 17.7 Å². The smallest absolute Gasteiger partial charge is 0.339 e. The van der Waals surface area contributed by atoms with Gasteiger partial charge >= 0.3 is 12.0 Å². The zero-order valence-corrected chi connectivity index (χ0v) is 21.7. The molecule has 0 fully saturated rings. The lowest BCUT2D eigenvalue weighted by Crippen LogP contribution is -2.20. The molecule has 7 heteroatoms. The highest BCUT2D eigenvalue weighted by Gasteiger charge is 2.17. The lowest BCUT2D eigenvalue weighted by Gasteiger charge is -2.18. The predicted octanol–water partition coefficient (Wildman–Crippen LogP) is 7.93. The van der Waals surface area contributed by atoms with Crippen molar-refractivity contribution in [1.82, 2.24) is 0 Å². The summed E-state index contributed by atoms with van der Waals surface area (Å²) in [5.41, 5.74) is 4.48. The van der Waals surface area contributed by atoms with Crippen molar-refractivity contribution in [3.05, 3.63) is 102 Å². The van der Waals surface area contributed by atoms with Gasteiger partial charge in [0.25, 0.3) is 0 Å². The van der Waals surface area contributed by atoms with E-state index in [0.29, 0.717) is 34.0 Å².